The zero-order valence-corrected chi connectivity index (χ0v) is 42.6. The average molecular weight is 1030 g/mol. The number of aliphatic hydroxyl groups is 1. The summed E-state index contributed by atoms with van der Waals surface area (Å²) >= 11 is 0. The lowest BCUT2D eigenvalue weighted by atomic mass is 9.91. The number of aliphatic hydroxyl groups excluding tert-OH is 1. The predicted molar refractivity (Wildman–Crippen MR) is 280 cm³/mol. The Balaban J connectivity index is 0.657. The van der Waals surface area contributed by atoms with Crippen LogP contribution in [0.2, 0.25) is 0 Å². The minimum absolute atomic E-state index is 0.0122. The summed E-state index contributed by atoms with van der Waals surface area (Å²) < 4.78 is 25.5. The number of likely N-dealkylation sites (tertiary alicyclic amines) is 1. The number of hydrogen-bond donors (Lipinski definition) is 4. The minimum Gasteiger partial charge on any atom is -0.507 e. The van der Waals surface area contributed by atoms with E-state index in [0.29, 0.717) is 54.6 Å². The van der Waals surface area contributed by atoms with Crippen molar-refractivity contribution in [1.29, 1.82) is 0 Å². The molecule has 7 aromatic rings. The zero-order valence-electron chi connectivity index (χ0n) is 42.6. The van der Waals surface area contributed by atoms with Crippen LogP contribution in [0.5, 0.6) is 23.3 Å². The molecule has 2 amide bonds. The predicted octanol–water partition coefficient (Wildman–Crippen LogP) is 5.33. The molecule has 21 heteroatoms. The Bertz CT molecular complexity index is 3210. The van der Waals surface area contributed by atoms with Crippen LogP contribution in [0.25, 0.3) is 22.5 Å². The van der Waals surface area contributed by atoms with Crippen molar-refractivity contribution >= 4 is 29.0 Å². The first kappa shape index (κ1) is 50.7. The Labute approximate surface area is 439 Å². The highest BCUT2D eigenvalue weighted by Crippen LogP contribution is 2.35. The summed E-state index contributed by atoms with van der Waals surface area (Å²) in [5.41, 5.74) is 12.1. The van der Waals surface area contributed by atoms with Crippen LogP contribution in [0.1, 0.15) is 69.1 Å². The molecule has 5 aromatic heterocycles. The number of para-hydroxylation sites is 1. The quantitative estimate of drug-likeness (QED) is 0.0892. The number of phenols is 1. The van der Waals surface area contributed by atoms with E-state index < -0.39 is 18.1 Å². The van der Waals surface area contributed by atoms with Gasteiger partial charge in [0.1, 0.15) is 29.9 Å². The lowest BCUT2D eigenvalue weighted by molar-refractivity contribution is -0.141. The SMILES string of the molecule is CC(C)C(C(=O)N1C[C@H](O)C[C@H]1C(=O)N[C@@H](C)c1ccc(-c2ccnn2C)cc1)c1cc(OCC#Cc2ncc(O[C@H]3C[C@H](Oc4cc(N5CCN(c6cc(-c7ccccc7O)nnc6N)CC5)ccn4)C3)cn2)no1. The second-order valence-electron chi connectivity index (χ2n) is 19.5. The Kier molecular flexibility index (Phi) is 14.9. The molecule has 2 saturated heterocycles. The number of aryl methyl sites for hydroxylation is 1. The van der Waals surface area contributed by atoms with Crippen molar-refractivity contribution in [2.45, 2.75) is 76.3 Å². The average Bonchev–Trinajstić information content (AvgIpc) is 4.18. The third kappa shape index (κ3) is 11.5. The summed E-state index contributed by atoms with van der Waals surface area (Å²) in [6, 6.07) is 23.0. The molecular formula is C55H59N13O8. The molecule has 10 rings (SSSR count). The summed E-state index contributed by atoms with van der Waals surface area (Å²) in [4.78, 5) is 46.9. The summed E-state index contributed by atoms with van der Waals surface area (Å²) in [6.07, 6.45) is 7.13. The largest absolute Gasteiger partial charge is 0.507 e. The Morgan fingerprint density at radius 1 is 0.868 bits per heavy atom. The molecule has 0 bridgehead atoms. The number of aromatic hydroxyl groups is 1. The number of pyridine rings is 1. The van der Waals surface area contributed by atoms with Gasteiger partial charge in [-0.1, -0.05) is 56.2 Å². The number of rotatable bonds is 16. The van der Waals surface area contributed by atoms with Crippen LogP contribution in [-0.4, -0.2) is 131 Å². The fourth-order valence-corrected chi connectivity index (χ4v) is 9.77. The number of benzene rings is 2. The molecule has 3 aliphatic rings. The zero-order chi connectivity index (χ0) is 52.9. The van der Waals surface area contributed by atoms with Crippen molar-refractivity contribution in [3.8, 4) is 57.6 Å². The first-order valence-corrected chi connectivity index (χ1v) is 25.3. The summed E-state index contributed by atoms with van der Waals surface area (Å²) in [7, 11) is 1.88. The molecule has 392 valence electrons. The normalized spacial score (nSPS) is 19.1. The van der Waals surface area contributed by atoms with Crippen LogP contribution >= 0.6 is 0 Å². The van der Waals surface area contributed by atoms with E-state index in [2.05, 4.69) is 62.4 Å². The molecule has 1 saturated carbocycles. The van der Waals surface area contributed by atoms with Gasteiger partial charge in [0.05, 0.1) is 41.6 Å². The lowest BCUT2D eigenvalue weighted by Gasteiger charge is -2.38. The molecule has 3 fully saturated rings. The molecule has 1 unspecified atom stereocenters. The fourth-order valence-electron chi connectivity index (χ4n) is 9.77. The molecule has 7 heterocycles. The van der Waals surface area contributed by atoms with Crippen molar-refractivity contribution in [1.82, 2.24) is 50.3 Å². The van der Waals surface area contributed by atoms with Crippen molar-refractivity contribution in [2.24, 2.45) is 13.0 Å². The first-order chi connectivity index (χ1) is 36.8. The molecular weight excluding hydrogens is 971 g/mol. The number of nitrogens with zero attached hydrogens (tertiary/aromatic N) is 11. The minimum atomic E-state index is -0.871. The number of piperazine rings is 1. The van der Waals surface area contributed by atoms with Crippen LogP contribution in [0.15, 0.2) is 108 Å². The molecule has 2 aliphatic heterocycles. The number of phenolic OH excluding ortho intramolecular Hbond substituents is 1. The van der Waals surface area contributed by atoms with Gasteiger partial charge in [-0.05, 0) is 65.4 Å². The maximum Gasteiger partial charge on any atom is 0.255 e. The van der Waals surface area contributed by atoms with Crippen molar-refractivity contribution < 1.29 is 38.5 Å². The summed E-state index contributed by atoms with van der Waals surface area (Å²) in [5, 5.41) is 40.7. The van der Waals surface area contributed by atoms with E-state index in [9.17, 15) is 19.8 Å². The number of β-amino-alcohol motifs (C(OH)–C–C–N with tert-alkyl or cyclic N) is 1. The third-order valence-corrected chi connectivity index (χ3v) is 13.9. The van der Waals surface area contributed by atoms with Crippen LogP contribution in [-0.2, 0) is 16.6 Å². The van der Waals surface area contributed by atoms with E-state index >= 15 is 0 Å². The van der Waals surface area contributed by atoms with Crippen LogP contribution in [0, 0.1) is 17.8 Å². The highest BCUT2D eigenvalue weighted by atomic mass is 16.5. The Morgan fingerprint density at radius 2 is 1.62 bits per heavy atom. The molecule has 2 aromatic carbocycles. The van der Waals surface area contributed by atoms with Crippen molar-refractivity contribution in [3.63, 3.8) is 0 Å². The van der Waals surface area contributed by atoms with E-state index in [-0.39, 0.29) is 78.8 Å². The van der Waals surface area contributed by atoms with Gasteiger partial charge in [-0.3, -0.25) is 14.3 Å². The topological polar surface area (TPSA) is 258 Å². The van der Waals surface area contributed by atoms with Crippen LogP contribution in [0.4, 0.5) is 17.2 Å². The van der Waals surface area contributed by atoms with Gasteiger partial charge in [-0.25, -0.2) is 15.0 Å². The number of ether oxygens (including phenoxy) is 3. The maximum absolute atomic E-state index is 14.2. The maximum atomic E-state index is 14.2. The smallest absolute Gasteiger partial charge is 0.255 e. The highest BCUT2D eigenvalue weighted by molar-refractivity contribution is 5.91. The van der Waals surface area contributed by atoms with Crippen LogP contribution in [0.3, 0.4) is 0 Å². The van der Waals surface area contributed by atoms with Crippen LogP contribution < -0.4 is 35.1 Å². The van der Waals surface area contributed by atoms with E-state index in [4.69, 9.17) is 24.5 Å². The molecule has 1 aliphatic carbocycles. The number of aromatic nitrogens is 8. The van der Waals surface area contributed by atoms with Gasteiger partial charge in [0, 0.05) is 94.8 Å². The monoisotopic (exact) mass is 1030 g/mol. The third-order valence-electron chi connectivity index (χ3n) is 13.9. The molecule has 21 nitrogen and oxygen atoms in total. The molecule has 76 heavy (non-hydrogen) atoms. The summed E-state index contributed by atoms with van der Waals surface area (Å²) in [5.74, 6) is 6.27. The van der Waals surface area contributed by atoms with E-state index in [1.807, 2.05) is 82.4 Å². The Morgan fingerprint density at radius 3 is 2.36 bits per heavy atom. The van der Waals surface area contributed by atoms with Crippen molar-refractivity contribution in [2.75, 3.05) is 54.9 Å². The van der Waals surface area contributed by atoms with E-state index in [1.165, 1.54) is 4.90 Å². The fraction of sp³-hybridized carbons (Fsp3) is 0.364. The number of anilines is 3. The van der Waals surface area contributed by atoms with Gasteiger partial charge in [-0.2, -0.15) is 5.10 Å². The number of hydrogen-bond acceptors (Lipinski definition) is 18. The lowest BCUT2D eigenvalue weighted by Crippen LogP contribution is -2.48. The highest BCUT2D eigenvalue weighted by Gasteiger charge is 2.44. The molecule has 5 N–H and O–H groups in total. The number of carbonyl (C=O) groups excluding carboxylic acids is 2. The first-order valence-electron chi connectivity index (χ1n) is 25.3. The van der Waals surface area contributed by atoms with E-state index in [0.717, 1.165) is 41.3 Å². The number of carbonyl (C=O) groups is 2. The number of nitrogen functional groups attached to an aromatic ring is 1. The number of amides is 2. The Hall–Kier alpha value is -8.77. The van der Waals surface area contributed by atoms with Gasteiger partial charge in [0.15, 0.2) is 23.9 Å². The second kappa shape index (κ2) is 22.4. The molecule has 0 radical (unpaired) electrons. The van der Waals surface area contributed by atoms with E-state index in [1.54, 1.807) is 53.7 Å². The summed E-state index contributed by atoms with van der Waals surface area (Å²) in [6.45, 7) is 8.52. The molecule has 0 spiro atoms. The van der Waals surface area contributed by atoms with Gasteiger partial charge in [0.25, 0.3) is 5.88 Å². The van der Waals surface area contributed by atoms with Gasteiger partial charge < -0.3 is 54.7 Å². The molecule has 4 atom stereocenters. The number of nitrogens with one attached hydrogen (secondary N) is 1. The standard InChI is InChI=1S/C55H59N13O8/c1-33(2)52(55(72)68-32-38(69)25-46(68)54(71)61-34(3)35-11-13-36(14-12-35)44-16-18-60-65(44)4)48-29-51(64-76-48)73-23-7-10-49-58-30-41(31-59-49)74-39-26-40(27-39)75-50-24-37(15-17-57-50)66-19-21-67(22-20-66)45-28-43(62-63-53(45)56)42-8-5-6-9-47(42)70/h5-6,8-9,11-18,24,28-31,33-34,38-40,46,52,69-70H,19-23,25-27,32H2,1-4H3,(H2,56,63)(H,61,71)/t34-,38+,39-,40-,46-,52?/m0/s1. The van der Waals surface area contributed by atoms with Gasteiger partial charge in [0.2, 0.25) is 23.5 Å². The van der Waals surface area contributed by atoms with Crippen molar-refractivity contribution in [3.05, 3.63) is 121 Å². The van der Waals surface area contributed by atoms with Gasteiger partial charge in [-0.15, -0.1) is 10.2 Å². The number of nitrogens with two attached hydrogens (primary N) is 1. The van der Waals surface area contributed by atoms with Gasteiger partial charge >= 0.3 is 0 Å². The second-order valence-corrected chi connectivity index (χ2v) is 19.5.